The van der Waals surface area contributed by atoms with Crippen molar-refractivity contribution in [3.63, 3.8) is 0 Å². The highest BCUT2D eigenvalue weighted by atomic mass is 32.2. The van der Waals surface area contributed by atoms with E-state index in [1.807, 2.05) is 0 Å². The molecule has 1 amide bonds. The van der Waals surface area contributed by atoms with E-state index in [0.717, 1.165) is 0 Å². The lowest BCUT2D eigenvalue weighted by atomic mass is 10.1. The van der Waals surface area contributed by atoms with Gasteiger partial charge in [-0.05, 0) is 53.6 Å². The molecular weight excluding hydrogens is 435 g/mol. The Bertz CT molecular complexity index is 1250. The van der Waals surface area contributed by atoms with E-state index in [9.17, 15) is 17.6 Å². The zero-order valence-electron chi connectivity index (χ0n) is 17.0. The summed E-state index contributed by atoms with van der Waals surface area (Å²) in [6.07, 6.45) is 0. The number of rotatable bonds is 7. The highest BCUT2D eigenvalue weighted by molar-refractivity contribution is 7.89. The third-order valence-electron chi connectivity index (χ3n) is 4.82. The molecule has 0 radical (unpaired) electrons. The highest BCUT2D eigenvalue weighted by Crippen LogP contribution is 2.30. The minimum atomic E-state index is -3.81. The van der Waals surface area contributed by atoms with Crippen molar-refractivity contribution in [1.82, 2.24) is 10.0 Å². The van der Waals surface area contributed by atoms with Crippen LogP contribution in [0.3, 0.4) is 0 Å². The fourth-order valence-electron chi connectivity index (χ4n) is 3.20. The highest BCUT2D eigenvalue weighted by Gasteiger charge is 2.16. The maximum absolute atomic E-state index is 13.3. The second-order valence-corrected chi connectivity index (χ2v) is 8.91. The molecule has 3 aromatic rings. The van der Waals surface area contributed by atoms with E-state index >= 15 is 0 Å². The summed E-state index contributed by atoms with van der Waals surface area (Å²) < 4.78 is 51.9. The molecule has 4 rings (SSSR count). The van der Waals surface area contributed by atoms with Crippen molar-refractivity contribution < 1.29 is 27.1 Å². The second kappa shape index (κ2) is 9.37. The third kappa shape index (κ3) is 5.24. The Balaban J connectivity index is 1.39. The fourth-order valence-corrected chi connectivity index (χ4v) is 4.29. The number of hydrogen-bond acceptors (Lipinski definition) is 5. The van der Waals surface area contributed by atoms with Crippen molar-refractivity contribution in [2.75, 3.05) is 13.2 Å². The molecule has 3 aromatic carbocycles. The van der Waals surface area contributed by atoms with Gasteiger partial charge in [-0.25, -0.2) is 17.5 Å². The number of carbonyl (C=O) groups excluding carboxylic acids is 1. The summed E-state index contributed by atoms with van der Waals surface area (Å²) in [6.45, 7) is 0.993. The van der Waals surface area contributed by atoms with Crippen molar-refractivity contribution in [2.24, 2.45) is 0 Å². The van der Waals surface area contributed by atoms with Gasteiger partial charge >= 0.3 is 0 Å². The monoisotopic (exact) mass is 456 g/mol. The largest absolute Gasteiger partial charge is 0.486 e. The van der Waals surface area contributed by atoms with E-state index in [0.29, 0.717) is 41.4 Å². The minimum absolute atomic E-state index is 0.0365. The number of carbonyl (C=O) groups is 1. The Morgan fingerprint density at radius 3 is 2.38 bits per heavy atom. The number of benzene rings is 3. The van der Waals surface area contributed by atoms with Crippen LogP contribution in [0.1, 0.15) is 21.5 Å². The standard InChI is InChI=1S/C23H21FN2O5S/c24-19-5-1-3-16(11-19)15-26-32(28,29)20-6-2-4-17(12-20)14-25-23(27)18-7-8-21-22(13-18)31-10-9-30-21/h1-8,11-13,26H,9-10,14-15H2,(H,25,27). The SMILES string of the molecule is O=C(NCc1cccc(S(=O)(=O)NCc2cccc(F)c2)c1)c1ccc2c(c1)OCCO2. The number of nitrogens with one attached hydrogen (secondary N) is 2. The molecule has 0 aliphatic carbocycles. The molecule has 0 spiro atoms. The normalized spacial score (nSPS) is 12.9. The van der Waals surface area contributed by atoms with Gasteiger partial charge in [0.15, 0.2) is 11.5 Å². The van der Waals surface area contributed by atoms with E-state index in [2.05, 4.69) is 10.0 Å². The number of halogens is 1. The van der Waals surface area contributed by atoms with E-state index < -0.39 is 15.8 Å². The first kappa shape index (κ1) is 21.8. The van der Waals surface area contributed by atoms with Gasteiger partial charge < -0.3 is 14.8 Å². The van der Waals surface area contributed by atoms with Gasteiger partial charge in [0.25, 0.3) is 5.91 Å². The predicted molar refractivity (Wildman–Crippen MR) is 115 cm³/mol. The van der Waals surface area contributed by atoms with Gasteiger partial charge in [0, 0.05) is 18.7 Å². The van der Waals surface area contributed by atoms with Crippen LogP contribution in [0, 0.1) is 5.82 Å². The van der Waals surface area contributed by atoms with E-state index in [4.69, 9.17) is 9.47 Å². The van der Waals surface area contributed by atoms with Gasteiger partial charge in [0.2, 0.25) is 10.0 Å². The van der Waals surface area contributed by atoms with Crippen LogP contribution in [0.4, 0.5) is 4.39 Å². The molecule has 7 nitrogen and oxygen atoms in total. The Labute approximate surface area is 185 Å². The van der Waals surface area contributed by atoms with Crippen LogP contribution in [0.25, 0.3) is 0 Å². The van der Waals surface area contributed by atoms with Gasteiger partial charge in [0.1, 0.15) is 19.0 Å². The zero-order valence-corrected chi connectivity index (χ0v) is 17.8. The summed E-state index contributed by atoms with van der Waals surface area (Å²) in [5, 5.41) is 2.77. The topological polar surface area (TPSA) is 93.7 Å². The fraction of sp³-hybridized carbons (Fsp3) is 0.174. The quantitative estimate of drug-likeness (QED) is 0.570. The van der Waals surface area contributed by atoms with Crippen molar-refractivity contribution in [2.45, 2.75) is 18.0 Å². The van der Waals surface area contributed by atoms with Gasteiger partial charge in [0.05, 0.1) is 4.90 Å². The van der Waals surface area contributed by atoms with Gasteiger partial charge in [-0.1, -0.05) is 24.3 Å². The molecule has 1 aliphatic heterocycles. The Morgan fingerprint density at radius 1 is 0.875 bits per heavy atom. The Morgan fingerprint density at radius 2 is 1.59 bits per heavy atom. The molecule has 0 unspecified atom stereocenters. The van der Waals surface area contributed by atoms with E-state index in [-0.39, 0.29) is 23.9 Å². The molecule has 1 heterocycles. The number of ether oxygens (including phenoxy) is 2. The maximum atomic E-state index is 13.3. The first-order valence-electron chi connectivity index (χ1n) is 9.92. The average molecular weight is 456 g/mol. The van der Waals surface area contributed by atoms with Crippen LogP contribution < -0.4 is 19.5 Å². The summed E-state index contributed by atoms with van der Waals surface area (Å²) >= 11 is 0. The lowest BCUT2D eigenvalue weighted by Crippen LogP contribution is -2.25. The molecule has 0 saturated heterocycles. The smallest absolute Gasteiger partial charge is 0.251 e. The molecule has 0 fully saturated rings. The summed E-state index contributed by atoms with van der Waals surface area (Å²) in [5.41, 5.74) is 1.54. The molecule has 0 atom stereocenters. The van der Waals surface area contributed by atoms with Crippen molar-refractivity contribution in [3.8, 4) is 11.5 Å². The summed E-state index contributed by atoms with van der Waals surface area (Å²) in [6, 6.07) is 16.9. The lowest BCUT2D eigenvalue weighted by molar-refractivity contribution is 0.0949. The van der Waals surface area contributed by atoms with Crippen LogP contribution >= 0.6 is 0 Å². The molecule has 0 aromatic heterocycles. The van der Waals surface area contributed by atoms with Crippen molar-refractivity contribution in [1.29, 1.82) is 0 Å². The molecule has 166 valence electrons. The second-order valence-electron chi connectivity index (χ2n) is 7.14. The van der Waals surface area contributed by atoms with E-state index in [1.165, 1.54) is 30.3 Å². The summed E-state index contributed by atoms with van der Waals surface area (Å²) in [7, 11) is -3.81. The first-order valence-corrected chi connectivity index (χ1v) is 11.4. The van der Waals surface area contributed by atoms with Crippen LogP contribution in [-0.2, 0) is 23.1 Å². The molecule has 9 heteroatoms. The van der Waals surface area contributed by atoms with Crippen LogP contribution in [0.15, 0.2) is 71.6 Å². The van der Waals surface area contributed by atoms with E-state index in [1.54, 1.807) is 36.4 Å². The van der Waals surface area contributed by atoms with Crippen molar-refractivity contribution >= 4 is 15.9 Å². The summed E-state index contributed by atoms with van der Waals surface area (Å²) in [4.78, 5) is 12.6. The molecule has 1 aliphatic rings. The van der Waals surface area contributed by atoms with Crippen LogP contribution in [0.2, 0.25) is 0 Å². The molecule has 0 bridgehead atoms. The molecule has 2 N–H and O–H groups in total. The van der Waals surface area contributed by atoms with Crippen LogP contribution in [-0.4, -0.2) is 27.5 Å². The van der Waals surface area contributed by atoms with Gasteiger partial charge in [-0.2, -0.15) is 0 Å². The molecular formula is C23H21FN2O5S. The molecule has 32 heavy (non-hydrogen) atoms. The predicted octanol–water partition coefficient (Wildman–Crippen LogP) is 3.01. The minimum Gasteiger partial charge on any atom is -0.486 e. The van der Waals surface area contributed by atoms with Crippen LogP contribution in [0.5, 0.6) is 11.5 Å². The number of sulfonamides is 1. The number of amides is 1. The van der Waals surface area contributed by atoms with Gasteiger partial charge in [-0.15, -0.1) is 0 Å². The maximum Gasteiger partial charge on any atom is 0.251 e. The lowest BCUT2D eigenvalue weighted by Gasteiger charge is -2.18. The Kier molecular flexibility index (Phi) is 6.38. The third-order valence-corrected chi connectivity index (χ3v) is 6.22. The zero-order chi connectivity index (χ0) is 22.6. The number of hydrogen-bond donors (Lipinski definition) is 2. The summed E-state index contributed by atoms with van der Waals surface area (Å²) in [5.74, 6) is 0.356. The average Bonchev–Trinajstić information content (AvgIpc) is 2.81. The van der Waals surface area contributed by atoms with Crippen molar-refractivity contribution in [3.05, 3.63) is 89.2 Å². The first-order chi connectivity index (χ1) is 15.4. The molecule has 0 saturated carbocycles. The van der Waals surface area contributed by atoms with Gasteiger partial charge in [-0.3, -0.25) is 4.79 Å². The number of fused-ring (bicyclic) bond motifs is 1. The Hall–Kier alpha value is -3.43.